The van der Waals surface area contributed by atoms with Crippen molar-refractivity contribution in [3.8, 4) is 6.07 Å². The maximum Gasteiger partial charge on any atom is 0.115 e. The Morgan fingerprint density at radius 1 is 1.61 bits per heavy atom. The third-order valence-corrected chi connectivity index (χ3v) is 4.43. The monoisotopic (exact) mass is 329 g/mol. The zero-order chi connectivity index (χ0) is 13.4. The molecule has 96 valence electrons. The van der Waals surface area contributed by atoms with Gasteiger partial charge < -0.3 is 9.84 Å². The Hall–Kier alpha value is -0.600. The van der Waals surface area contributed by atoms with Crippen molar-refractivity contribution in [3.63, 3.8) is 0 Å². The molecule has 1 aliphatic heterocycles. The lowest BCUT2D eigenvalue weighted by molar-refractivity contribution is -0.0480. The van der Waals surface area contributed by atoms with Crippen LogP contribution in [0, 0.1) is 16.7 Å². The topological polar surface area (TPSA) is 53.2 Å². The van der Waals surface area contributed by atoms with E-state index in [0.29, 0.717) is 23.6 Å². The van der Waals surface area contributed by atoms with Crippen molar-refractivity contribution >= 4 is 27.5 Å². The van der Waals surface area contributed by atoms with Gasteiger partial charge in [0, 0.05) is 21.7 Å². The molecule has 18 heavy (non-hydrogen) atoms. The van der Waals surface area contributed by atoms with Crippen molar-refractivity contribution in [3.05, 3.63) is 33.3 Å². The summed E-state index contributed by atoms with van der Waals surface area (Å²) in [4.78, 5) is 0. The van der Waals surface area contributed by atoms with E-state index < -0.39 is 11.0 Å². The van der Waals surface area contributed by atoms with Crippen LogP contribution in [0.3, 0.4) is 0 Å². The average Bonchev–Trinajstić information content (AvgIpc) is 2.78. The second-order valence-corrected chi connectivity index (χ2v) is 6.02. The number of benzene rings is 1. The normalized spacial score (nSPS) is 26.6. The number of nitriles is 1. The number of rotatable bonds is 2. The summed E-state index contributed by atoms with van der Waals surface area (Å²) in [7, 11) is 0. The molecule has 1 N–H and O–H groups in total. The van der Waals surface area contributed by atoms with Gasteiger partial charge in [0.2, 0.25) is 0 Å². The van der Waals surface area contributed by atoms with Crippen LogP contribution >= 0.6 is 27.5 Å². The highest BCUT2D eigenvalue weighted by Crippen LogP contribution is 2.47. The molecule has 2 unspecified atom stereocenters. The van der Waals surface area contributed by atoms with Gasteiger partial charge >= 0.3 is 0 Å². The van der Waals surface area contributed by atoms with Crippen molar-refractivity contribution in [1.82, 2.24) is 0 Å². The molecule has 0 aliphatic carbocycles. The van der Waals surface area contributed by atoms with E-state index in [0.717, 1.165) is 4.47 Å². The molecule has 0 aromatic heterocycles. The van der Waals surface area contributed by atoms with E-state index in [2.05, 4.69) is 22.0 Å². The summed E-state index contributed by atoms with van der Waals surface area (Å²) in [6, 6.07) is 7.47. The molecule has 5 heteroatoms. The van der Waals surface area contributed by atoms with Gasteiger partial charge in [0.1, 0.15) is 11.0 Å². The fourth-order valence-corrected chi connectivity index (χ4v) is 3.15. The summed E-state index contributed by atoms with van der Waals surface area (Å²) in [5, 5.41) is 20.7. The Bertz CT molecular complexity index is 504. The number of halogens is 2. The largest absolute Gasteiger partial charge is 0.384 e. The van der Waals surface area contributed by atoms with Crippen molar-refractivity contribution in [2.75, 3.05) is 13.2 Å². The molecule has 1 saturated heterocycles. The highest BCUT2D eigenvalue weighted by atomic mass is 79.9. The van der Waals surface area contributed by atoms with Gasteiger partial charge in [0.15, 0.2) is 0 Å². The van der Waals surface area contributed by atoms with E-state index in [-0.39, 0.29) is 6.61 Å². The van der Waals surface area contributed by atoms with E-state index in [1.54, 1.807) is 25.1 Å². The maximum absolute atomic E-state index is 10.8. The van der Waals surface area contributed by atoms with E-state index in [1.165, 1.54) is 0 Å². The predicted molar refractivity (Wildman–Crippen MR) is 72.2 cm³/mol. The van der Waals surface area contributed by atoms with Crippen LogP contribution in [-0.4, -0.2) is 18.3 Å². The third kappa shape index (κ3) is 2.06. The zero-order valence-electron chi connectivity index (χ0n) is 9.91. The first-order valence-electron chi connectivity index (χ1n) is 5.60. The Balaban J connectivity index is 2.50. The highest BCUT2D eigenvalue weighted by Gasteiger charge is 2.52. The molecule has 0 radical (unpaired) electrons. The molecule has 0 spiro atoms. The number of nitrogens with zero attached hydrogens (tertiary/aromatic N) is 1. The maximum atomic E-state index is 10.8. The second-order valence-electron chi connectivity index (χ2n) is 4.69. The van der Waals surface area contributed by atoms with Gasteiger partial charge in [-0.05, 0) is 25.5 Å². The lowest BCUT2D eigenvalue weighted by Crippen LogP contribution is -2.43. The van der Waals surface area contributed by atoms with Crippen molar-refractivity contribution in [2.45, 2.75) is 18.9 Å². The minimum Gasteiger partial charge on any atom is -0.384 e. The Labute approximate surface area is 119 Å². The number of hydrogen-bond donors (Lipinski definition) is 1. The fraction of sp³-hybridized carbons (Fsp3) is 0.462. The van der Waals surface area contributed by atoms with Crippen LogP contribution in [-0.2, 0) is 10.3 Å². The van der Waals surface area contributed by atoms with Gasteiger partial charge in [-0.15, -0.1) is 0 Å². The summed E-state index contributed by atoms with van der Waals surface area (Å²) < 4.78 is 6.12. The molecule has 1 heterocycles. The summed E-state index contributed by atoms with van der Waals surface area (Å²) in [6.07, 6.45) is 0.503. The summed E-state index contributed by atoms with van der Waals surface area (Å²) in [6.45, 7) is 2.33. The van der Waals surface area contributed by atoms with Crippen molar-refractivity contribution < 1.29 is 9.84 Å². The van der Waals surface area contributed by atoms with E-state index >= 15 is 0 Å². The van der Waals surface area contributed by atoms with Crippen LogP contribution in [0.1, 0.15) is 18.9 Å². The standard InChI is InChI=1S/C13H13BrClNO2/c1-12(17,13(7-16)4-5-18-8-13)10-3-2-9(14)6-11(10)15/h2-3,6,17H,4-5,8H2,1H3. The van der Waals surface area contributed by atoms with Crippen LogP contribution in [0.4, 0.5) is 0 Å². The van der Waals surface area contributed by atoms with Gasteiger partial charge in [0.25, 0.3) is 0 Å². The molecule has 1 aromatic rings. The minimum absolute atomic E-state index is 0.225. The lowest BCUT2D eigenvalue weighted by Gasteiger charge is -2.37. The van der Waals surface area contributed by atoms with Crippen LogP contribution in [0.25, 0.3) is 0 Å². The van der Waals surface area contributed by atoms with E-state index in [1.807, 2.05) is 0 Å². The predicted octanol–water partition coefficient (Wildman–Crippen LogP) is 3.24. The van der Waals surface area contributed by atoms with Crippen LogP contribution in [0.15, 0.2) is 22.7 Å². The number of aliphatic hydroxyl groups is 1. The van der Waals surface area contributed by atoms with E-state index in [4.69, 9.17) is 16.3 Å². The molecule has 2 rings (SSSR count). The molecule has 0 saturated carbocycles. The Morgan fingerprint density at radius 3 is 2.83 bits per heavy atom. The van der Waals surface area contributed by atoms with Crippen molar-refractivity contribution in [1.29, 1.82) is 5.26 Å². The molecule has 1 aliphatic rings. The van der Waals surface area contributed by atoms with Gasteiger partial charge in [-0.25, -0.2) is 0 Å². The highest BCUT2D eigenvalue weighted by molar-refractivity contribution is 9.10. The molecular weight excluding hydrogens is 318 g/mol. The number of hydrogen-bond acceptors (Lipinski definition) is 3. The van der Waals surface area contributed by atoms with Crippen LogP contribution in [0.5, 0.6) is 0 Å². The minimum atomic E-state index is -1.34. The SMILES string of the molecule is CC(O)(c1ccc(Br)cc1Cl)C1(C#N)CCOC1. The molecule has 3 nitrogen and oxygen atoms in total. The van der Waals surface area contributed by atoms with Gasteiger partial charge in [-0.2, -0.15) is 5.26 Å². The zero-order valence-corrected chi connectivity index (χ0v) is 12.3. The smallest absolute Gasteiger partial charge is 0.115 e. The first kappa shape index (κ1) is 13.8. The summed E-state index contributed by atoms with van der Waals surface area (Å²) >= 11 is 9.49. The van der Waals surface area contributed by atoms with Crippen LogP contribution in [0.2, 0.25) is 5.02 Å². The summed E-state index contributed by atoms with van der Waals surface area (Å²) in [5.74, 6) is 0. The Morgan fingerprint density at radius 2 is 2.33 bits per heavy atom. The molecule has 1 aromatic carbocycles. The van der Waals surface area contributed by atoms with Crippen molar-refractivity contribution in [2.24, 2.45) is 5.41 Å². The molecular formula is C13H13BrClNO2. The Kier molecular flexibility index (Phi) is 3.70. The first-order chi connectivity index (χ1) is 8.43. The number of ether oxygens (including phenoxy) is 1. The van der Waals surface area contributed by atoms with Gasteiger partial charge in [-0.1, -0.05) is 33.6 Å². The fourth-order valence-electron chi connectivity index (χ4n) is 2.29. The van der Waals surface area contributed by atoms with E-state index in [9.17, 15) is 10.4 Å². The quantitative estimate of drug-likeness (QED) is 0.905. The summed E-state index contributed by atoms with van der Waals surface area (Å²) in [5.41, 5.74) is -1.72. The average molecular weight is 331 g/mol. The third-order valence-electron chi connectivity index (χ3n) is 3.62. The molecule has 0 bridgehead atoms. The lowest BCUT2D eigenvalue weighted by atomic mass is 9.70. The second kappa shape index (κ2) is 4.82. The molecule has 0 amide bonds. The van der Waals surface area contributed by atoms with Gasteiger partial charge in [-0.3, -0.25) is 0 Å². The van der Waals surface area contributed by atoms with Gasteiger partial charge in [0.05, 0.1) is 12.7 Å². The molecule has 1 fully saturated rings. The molecule has 2 atom stereocenters. The van der Waals surface area contributed by atoms with Crippen LogP contribution < -0.4 is 0 Å². The first-order valence-corrected chi connectivity index (χ1v) is 6.77.